The molecule has 3 rings (SSSR count). The highest BCUT2D eigenvalue weighted by Gasteiger charge is 2.47. The van der Waals surface area contributed by atoms with Crippen molar-refractivity contribution in [2.24, 2.45) is 0 Å². The van der Waals surface area contributed by atoms with E-state index < -0.39 is 44.1 Å². The normalized spacial score (nSPS) is 16.3. The molecule has 1 unspecified atom stereocenters. The molecule has 0 spiro atoms. The Morgan fingerprint density at radius 3 is 2.23 bits per heavy atom. The van der Waals surface area contributed by atoms with Crippen LogP contribution in [0.5, 0.6) is 0 Å². The standard InChI is InChI=1S/C20H16ClF3N2O4S/c21-17-9-15(6-1-12(17)10-25)26-18(27)19(28,11-31(29,30)16-7-8-16)13-2-4-14(5-3-13)20(22,23)24/h1-6,9,16,28H,7-8,11H2,(H,26,27). The first-order valence-electron chi connectivity index (χ1n) is 8.99. The fourth-order valence-corrected chi connectivity index (χ4v) is 5.16. The van der Waals surface area contributed by atoms with Gasteiger partial charge in [-0.1, -0.05) is 23.7 Å². The van der Waals surface area contributed by atoms with Crippen LogP contribution >= 0.6 is 11.6 Å². The summed E-state index contributed by atoms with van der Waals surface area (Å²) in [6.07, 6.45) is -3.87. The van der Waals surface area contributed by atoms with E-state index in [0.717, 1.165) is 12.1 Å². The summed E-state index contributed by atoms with van der Waals surface area (Å²) in [5.74, 6) is -2.15. The predicted octanol–water partition coefficient (Wildman–Crippen LogP) is 3.63. The van der Waals surface area contributed by atoms with Crippen LogP contribution < -0.4 is 5.32 Å². The monoisotopic (exact) mass is 472 g/mol. The van der Waals surface area contributed by atoms with Crippen LogP contribution in [0.3, 0.4) is 0 Å². The van der Waals surface area contributed by atoms with Gasteiger partial charge in [0.25, 0.3) is 5.91 Å². The molecule has 1 amide bonds. The van der Waals surface area contributed by atoms with Crippen LogP contribution in [0.4, 0.5) is 18.9 Å². The van der Waals surface area contributed by atoms with Crippen molar-refractivity contribution in [2.75, 3.05) is 11.1 Å². The Bertz CT molecular complexity index is 1160. The van der Waals surface area contributed by atoms with E-state index in [1.54, 1.807) is 0 Å². The molecule has 0 bridgehead atoms. The van der Waals surface area contributed by atoms with Gasteiger partial charge in [0.15, 0.2) is 15.4 Å². The van der Waals surface area contributed by atoms with Crippen LogP contribution in [0.25, 0.3) is 0 Å². The molecule has 0 aromatic heterocycles. The van der Waals surface area contributed by atoms with Gasteiger partial charge in [-0.15, -0.1) is 0 Å². The van der Waals surface area contributed by atoms with Crippen LogP contribution in [0.1, 0.15) is 29.5 Å². The summed E-state index contributed by atoms with van der Waals surface area (Å²) in [7, 11) is -3.89. The highest BCUT2D eigenvalue weighted by molar-refractivity contribution is 7.92. The summed E-state index contributed by atoms with van der Waals surface area (Å²) >= 11 is 5.92. The fourth-order valence-electron chi connectivity index (χ4n) is 2.97. The summed E-state index contributed by atoms with van der Waals surface area (Å²) in [5.41, 5.74) is -3.76. The summed E-state index contributed by atoms with van der Waals surface area (Å²) in [6, 6.07) is 8.78. The zero-order valence-corrected chi connectivity index (χ0v) is 17.4. The minimum atomic E-state index is -4.64. The lowest BCUT2D eigenvalue weighted by Gasteiger charge is -2.28. The van der Waals surface area contributed by atoms with E-state index >= 15 is 0 Å². The summed E-state index contributed by atoms with van der Waals surface area (Å²) < 4.78 is 63.7. The highest BCUT2D eigenvalue weighted by Crippen LogP contribution is 2.36. The molecular formula is C20H16ClF3N2O4S. The van der Waals surface area contributed by atoms with Gasteiger partial charge in [-0.05, 0) is 48.7 Å². The van der Waals surface area contributed by atoms with Crippen molar-refractivity contribution in [1.82, 2.24) is 0 Å². The summed E-state index contributed by atoms with van der Waals surface area (Å²) in [5, 5.41) is 21.7. The number of amides is 1. The summed E-state index contributed by atoms with van der Waals surface area (Å²) in [6.45, 7) is 0. The second-order valence-corrected chi connectivity index (χ2v) is 9.89. The Balaban J connectivity index is 1.98. The molecule has 0 heterocycles. The van der Waals surface area contributed by atoms with Crippen molar-refractivity contribution >= 4 is 33.0 Å². The Morgan fingerprint density at radius 1 is 1.16 bits per heavy atom. The van der Waals surface area contributed by atoms with E-state index in [4.69, 9.17) is 16.9 Å². The number of benzene rings is 2. The maximum absolute atomic E-state index is 12.9. The van der Waals surface area contributed by atoms with Gasteiger partial charge in [-0.3, -0.25) is 4.79 Å². The van der Waals surface area contributed by atoms with Crippen LogP contribution in [0.2, 0.25) is 5.02 Å². The number of carbonyl (C=O) groups excluding carboxylic acids is 1. The first-order chi connectivity index (χ1) is 14.4. The molecule has 31 heavy (non-hydrogen) atoms. The van der Waals surface area contributed by atoms with Crippen LogP contribution in [0, 0.1) is 11.3 Å². The van der Waals surface area contributed by atoms with Gasteiger partial charge in [-0.2, -0.15) is 18.4 Å². The Morgan fingerprint density at radius 2 is 1.74 bits per heavy atom. The molecule has 1 saturated carbocycles. The smallest absolute Gasteiger partial charge is 0.374 e. The van der Waals surface area contributed by atoms with Gasteiger partial charge in [0.1, 0.15) is 6.07 Å². The van der Waals surface area contributed by atoms with Crippen molar-refractivity contribution in [1.29, 1.82) is 5.26 Å². The number of alkyl halides is 3. The Labute approximate surface area is 181 Å². The second-order valence-electron chi connectivity index (χ2n) is 7.20. The number of anilines is 1. The molecule has 6 nitrogen and oxygen atoms in total. The van der Waals surface area contributed by atoms with E-state index in [1.165, 1.54) is 18.2 Å². The average Bonchev–Trinajstić information content (AvgIpc) is 3.53. The van der Waals surface area contributed by atoms with Gasteiger partial charge in [0, 0.05) is 5.69 Å². The maximum atomic E-state index is 12.9. The van der Waals surface area contributed by atoms with Gasteiger partial charge in [0.05, 0.1) is 27.2 Å². The lowest BCUT2D eigenvalue weighted by molar-refractivity contribution is -0.137. The van der Waals surface area contributed by atoms with Gasteiger partial charge >= 0.3 is 6.18 Å². The molecule has 1 aliphatic rings. The predicted molar refractivity (Wildman–Crippen MR) is 107 cm³/mol. The number of nitrogens with zero attached hydrogens (tertiary/aromatic N) is 1. The third-order valence-corrected chi connectivity index (χ3v) is 7.48. The Hall–Kier alpha value is -2.61. The molecule has 11 heteroatoms. The molecule has 1 atom stereocenters. The number of nitrogens with one attached hydrogen (secondary N) is 1. The van der Waals surface area contributed by atoms with E-state index in [9.17, 15) is 31.5 Å². The molecule has 0 saturated heterocycles. The molecule has 0 aliphatic heterocycles. The molecule has 0 radical (unpaired) electrons. The third-order valence-electron chi connectivity index (χ3n) is 4.86. The lowest BCUT2D eigenvalue weighted by Crippen LogP contribution is -2.46. The minimum Gasteiger partial charge on any atom is -0.374 e. The fraction of sp³-hybridized carbons (Fsp3) is 0.300. The highest BCUT2D eigenvalue weighted by atomic mass is 35.5. The van der Waals surface area contributed by atoms with Gasteiger partial charge in [-0.25, -0.2) is 8.42 Å². The van der Waals surface area contributed by atoms with Crippen molar-refractivity contribution in [3.8, 4) is 6.07 Å². The molecule has 2 aromatic carbocycles. The molecule has 1 aliphatic carbocycles. The molecular weight excluding hydrogens is 457 g/mol. The van der Waals surface area contributed by atoms with E-state index in [1.807, 2.05) is 6.07 Å². The van der Waals surface area contributed by atoms with Crippen molar-refractivity contribution in [3.05, 3.63) is 64.2 Å². The molecule has 2 N–H and O–H groups in total. The lowest BCUT2D eigenvalue weighted by atomic mass is 9.93. The second kappa shape index (κ2) is 8.15. The number of rotatable bonds is 6. The maximum Gasteiger partial charge on any atom is 0.416 e. The molecule has 2 aromatic rings. The number of carbonyl (C=O) groups is 1. The number of aliphatic hydroxyl groups is 1. The average molecular weight is 473 g/mol. The first-order valence-corrected chi connectivity index (χ1v) is 11.1. The zero-order chi connectivity index (χ0) is 23.0. The largest absolute Gasteiger partial charge is 0.416 e. The van der Waals surface area contributed by atoms with Crippen LogP contribution in [0.15, 0.2) is 42.5 Å². The number of hydrogen-bond acceptors (Lipinski definition) is 5. The topological polar surface area (TPSA) is 107 Å². The van der Waals surface area contributed by atoms with Gasteiger partial charge < -0.3 is 10.4 Å². The van der Waals surface area contributed by atoms with Gasteiger partial charge in [0.2, 0.25) is 0 Å². The third kappa shape index (κ3) is 5.01. The quantitative estimate of drug-likeness (QED) is 0.667. The number of hydrogen-bond donors (Lipinski definition) is 2. The molecule has 1 fully saturated rings. The SMILES string of the molecule is N#Cc1ccc(NC(=O)C(O)(CS(=O)(=O)C2CC2)c2ccc(C(F)(F)F)cc2)cc1Cl. The Kier molecular flexibility index (Phi) is 6.06. The van der Waals surface area contributed by atoms with E-state index in [0.29, 0.717) is 25.0 Å². The van der Waals surface area contributed by atoms with Crippen molar-refractivity contribution in [2.45, 2.75) is 29.9 Å². The first kappa shape index (κ1) is 23.1. The van der Waals surface area contributed by atoms with Crippen molar-refractivity contribution < 1.29 is 31.5 Å². The van der Waals surface area contributed by atoms with Crippen LogP contribution in [-0.2, 0) is 26.4 Å². The minimum absolute atomic E-state index is 0.0176. The zero-order valence-electron chi connectivity index (χ0n) is 15.8. The summed E-state index contributed by atoms with van der Waals surface area (Å²) in [4.78, 5) is 12.9. The van der Waals surface area contributed by atoms with E-state index in [-0.39, 0.29) is 21.8 Å². The number of halogens is 4. The van der Waals surface area contributed by atoms with Crippen molar-refractivity contribution in [3.63, 3.8) is 0 Å². The number of nitriles is 1. The van der Waals surface area contributed by atoms with Crippen LogP contribution in [-0.4, -0.2) is 30.4 Å². The van der Waals surface area contributed by atoms with E-state index in [2.05, 4.69) is 5.32 Å². The molecule has 164 valence electrons. The number of sulfone groups is 1.